The van der Waals surface area contributed by atoms with Crippen molar-refractivity contribution in [3.8, 4) is 0 Å². The van der Waals surface area contributed by atoms with Crippen LogP contribution in [0.1, 0.15) is 18.1 Å². The largest absolute Gasteiger partial charge is 0.467 e. The molecule has 5 heteroatoms. The lowest BCUT2D eigenvalue weighted by Crippen LogP contribution is -2.57. The van der Waals surface area contributed by atoms with Crippen molar-refractivity contribution in [2.45, 2.75) is 12.5 Å². The molecule has 2 rings (SSSR count). The van der Waals surface area contributed by atoms with Crippen LogP contribution in [0.2, 0.25) is 0 Å². The summed E-state index contributed by atoms with van der Waals surface area (Å²) in [4.78, 5) is 23.9. The van der Waals surface area contributed by atoms with Crippen molar-refractivity contribution in [1.29, 1.82) is 0 Å². The van der Waals surface area contributed by atoms with Gasteiger partial charge < -0.3 is 4.74 Å². The molecule has 5 nitrogen and oxygen atoms in total. The van der Waals surface area contributed by atoms with Crippen LogP contribution in [0.15, 0.2) is 60.7 Å². The van der Waals surface area contributed by atoms with Gasteiger partial charge in [0, 0.05) is 6.92 Å². The SMILES string of the molecule is COC(=O)C(NNC(C)=O)(c1ccccc1)c1ccccc1. The van der Waals surface area contributed by atoms with Gasteiger partial charge in [-0.3, -0.25) is 10.2 Å². The third kappa shape index (κ3) is 2.99. The van der Waals surface area contributed by atoms with Crippen molar-refractivity contribution in [3.63, 3.8) is 0 Å². The summed E-state index contributed by atoms with van der Waals surface area (Å²) in [6, 6.07) is 18.2. The third-order valence-electron chi connectivity index (χ3n) is 3.33. The molecule has 2 aromatic carbocycles. The molecular weight excluding hydrogens is 280 g/mol. The van der Waals surface area contributed by atoms with E-state index >= 15 is 0 Å². The highest BCUT2D eigenvalue weighted by atomic mass is 16.5. The molecular formula is C17H18N2O3. The van der Waals surface area contributed by atoms with Crippen LogP contribution in [0.5, 0.6) is 0 Å². The zero-order valence-corrected chi connectivity index (χ0v) is 12.5. The van der Waals surface area contributed by atoms with Gasteiger partial charge in [-0.05, 0) is 11.1 Å². The molecule has 22 heavy (non-hydrogen) atoms. The van der Waals surface area contributed by atoms with Gasteiger partial charge in [0.15, 0.2) is 5.54 Å². The lowest BCUT2D eigenvalue weighted by atomic mass is 9.83. The number of amides is 1. The van der Waals surface area contributed by atoms with Crippen LogP contribution in [0.25, 0.3) is 0 Å². The number of carbonyl (C=O) groups is 2. The van der Waals surface area contributed by atoms with E-state index in [4.69, 9.17) is 4.74 Å². The predicted molar refractivity (Wildman–Crippen MR) is 82.6 cm³/mol. The molecule has 0 spiro atoms. The highest BCUT2D eigenvalue weighted by molar-refractivity contribution is 5.87. The molecule has 0 unspecified atom stereocenters. The molecule has 0 atom stereocenters. The van der Waals surface area contributed by atoms with Gasteiger partial charge in [0.1, 0.15) is 0 Å². The molecule has 2 aromatic rings. The number of methoxy groups -OCH3 is 1. The van der Waals surface area contributed by atoms with Gasteiger partial charge in [-0.2, -0.15) is 0 Å². The van der Waals surface area contributed by atoms with Gasteiger partial charge in [-0.25, -0.2) is 10.2 Å². The molecule has 2 N–H and O–H groups in total. The highest BCUT2D eigenvalue weighted by Gasteiger charge is 2.43. The first kappa shape index (κ1) is 15.7. The fourth-order valence-corrected chi connectivity index (χ4v) is 2.31. The van der Waals surface area contributed by atoms with Gasteiger partial charge in [0.05, 0.1) is 7.11 Å². The predicted octanol–water partition coefficient (Wildman–Crippen LogP) is 1.74. The Balaban J connectivity index is 2.63. The van der Waals surface area contributed by atoms with E-state index in [1.165, 1.54) is 14.0 Å². The van der Waals surface area contributed by atoms with Crippen LogP contribution in [0.4, 0.5) is 0 Å². The van der Waals surface area contributed by atoms with E-state index in [-0.39, 0.29) is 5.91 Å². The summed E-state index contributed by atoms with van der Waals surface area (Å²) < 4.78 is 5.00. The Bertz CT molecular complexity index is 602. The Kier molecular flexibility index (Phi) is 4.91. The van der Waals surface area contributed by atoms with Crippen LogP contribution in [0.3, 0.4) is 0 Å². The first-order valence-electron chi connectivity index (χ1n) is 6.84. The lowest BCUT2D eigenvalue weighted by Gasteiger charge is -2.33. The number of hydrazine groups is 1. The maximum atomic E-state index is 12.6. The van der Waals surface area contributed by atoms with Crippen molar-refractivity contribution < 1.29 is 14.3 Å². The average molecular weight is 298 g/mol. The van der Waals surface area contributed by atoms with Crippen LogP contribution >= 0.6 is 0 Å². The maximum Gasteiger partial charge on any atom is 0.337 e. The first-order valence-corrected chi connectivity index (χ1v) is 6.84. The Labute approximate surface area is 129 Å². The fraction of sp³-hybridized carbons (Fsp3) is 0.176. The van der Waals surface area contributed by atoms with Gasteiger partial charge >= 0.3 is 5.97 Å². The normalized spacial score (nSPS) is 10.8. The standard InChI is InChI=1S/C17H18N2O3/c1-13(20)18-19-17(16(21)22-2,14-9-5-3-6-10-14)15-11-7-4-8-12-15/h3-12,19H,1-2H3,(H,18,20). The zero-order chi connectivity index (χ0) is 16.0. The molecule has 0 aliphatic carbocycles. The van der Waals surface area contributed by atoms with Gasteiger partial charge in [-0.1, -0.05) is 60.7 Å². The number of hydrogen-bond donors (Lipinski definition) is 2. The summed E-state index contributed by atoms with van der Waals surface area (Å²) >= 11 is 0. The Morgan fingerprint density at radius 3 is 1.73 bits per heavy atom. The van der Waals surface area contributed by atoms with Crippen LogP contribution in [-0.4, -0.2) is 19.0 Å². The minimum absolute atomic E-state index is 0.305. The third-order valence-corrected chi connectivity index (χ3v) is 3.33. The minimum atomic E-state index is -1.32. The second-order valence-electron chi connectivity index (χ2n) is 4.78. The van der Waals surface area contributed by atoms with E-state index in [0.717, 1.165) is 0 Å². The lowest BCUT2D eigenvalue weighted by molar-refractivity contribution is -0.148. The molecule has 0 saturated carbocycles. The van der Waals surface area contributed by atoms with Crippen LogP contribution < -0.4 is 10.9 Å². The fourth-order valence-electron chi connectivity index (χ4n) is 2.31. The number of nitrogens with one attached hydrogen (secondary N) is 2. The van der Waals surface area contributed by atoms with Crippen molar-refractivity contribution in [3.05, 3.63) is 71.8 Å². The Morgan fingerprint density at radius 2 is 1.36 bits per heavy atom. The van der Waals surface area contributed by atoms with Crippen LogP contribution in [-0.2, 0) is 19.9 Å². The van der Waals surface area contributed by atoms with E-state index < -0.39 is 11.5 Å². The van der Waals surface area contributed by atoms with E-state index in [1.807, 2.05) is 36.4 Å². The van der Waals surface area contributed by atoms with Gasteiger partial charge in [0.2, 0.25) is 5.91 Å². The summed E-state index contributed by atoms with van der Waals surface area (Å²) in [5.41, 5.74) is 5.37. The van der Waals surface area contributed by atoms with Crippen molar-refractivity contribution in [1.82, 2.24) is 10.9 Å². The number of carbonyl (C=O) groups excluding carboxylic acids is 2. The zero-order valence-electron chi connectivity index (χ0n) is 12.5. The smallest absolute Gasteiger partial charge is 0.337 e. The van der Waals surface area contributed by atoms with E-state index in [2.05, 4.69) is 10.9 Å². The first-order chi connectivity index (χ1) is 10.6. The van der Waals surface area contributed by atoms with Gasteiger partial charge in [-0.15, -0.1) is 0 Å². The number of rotatable bonds is 5. The second kappa shape index (κ2) is 6.87. The molecule has 1 amide bonds. The summed E-state index contributed by atoms with van der Waals surface area (Å²) in [5, 5.41) is 0. The van der Waals surface area contributed by atoms with Crippen molar-refractivity contribution in [2.75, 3.05) is 7.11 Å². The summed E-state index contributed by atoms with van der Waals surface area (Å²) in [6.07, 6.45) is 0. The molecule has 0 fully saturated rings. The number of esters is 1. The summed E-state index contributed by atoms with van der Waals surface area (Å²) in [5.74, 6) is -0.821. The number of ether oxygens (including phenoxy) is 1. The molecule has 0 radical (unpaired) electrons. The molecule has 0 aliphatic rings. The number of hydrogen-bond acceptors (Lipinski definition) is 4. The monoisotopic (exact) mass is 298 g/mol. The molecule has 0 saturated heterocycles. The minimum Gasteiger partial charge on any atom is -0.467 e. The quantitative estimate of drug-likeness (QED) is 0.652. The Hall–Kier alpha value is -2.66. The van der Waals surface area contributed by atoms with Gasteiger partial charge in [0.25, 0.3) is 0 Å². The van der Waals surface area contributed by atoms with Crippen molar-refractivity contribution >= 4 is 11.9 Å². The Morgan fingerprint density at radius 1 is 0.909 bits per heavy atom. The maximum absolute atomic E-state index is 12.6. The van der Waals surface area contributed by atoms with Crippen molar-refractivity contribution in [2.24, 2.45) is 0 Å². The van der Waals surface area contributed by atoms with E-state index in [9.17, 15) is 9.59 Å². The summed E-state index contributed by atoms with van der Waals surface area (Å²) in [7, 11) is 1.32. The number of benzene rings is 2. The highest BCUT2D eigenvalue weighted by Crippen LogP contribution is 2.30. The van der Waals surface area contributed by atoms with E-state index in [0.29, 0.717) is 11.1 Å². The topological polar surface area (TPSA) is 67.4 Å². The average Bonchev–Trinajstić information content (AvgIpc) is 2.57. The molecule has 0 aliphatic heterocycles. The molecule has 0 bridgehead atoms. The van der Waals surface area contributed by atoms with Crippen LogP contribution in [0, 0.1) is 0 Å². The van der Waals surface area contributed by atoms with E-state index in [1.54, 1.807) is 24.3 Å². The second-order valence-corrected chi connectivity index (χ2v) is 4.78. The molecule has 0 heterocycles. The summed E-state index contributed by atoms with van der Waals surface area (Å²) in [6.45, 7) is 1.37. The molecule has 0 aromatic heterocycles. The molecule has 114 valence electrons.